The van der Waals surface area contributed by atoms with E-state index >= 15 is 0 Å². The Morgan fingerprint density at radius 2 is 2.24 bits per heavy atom. The van der Waals surface area contributed by atoms with Crippen molar-refractivity contribution in [3.63, 3.8) is 0 Å². The second-order valence-corrected chi connectivity index (χ2v) is 6.98. The summed E-state index contributed by atoms with van der Waals surface area (Å²) in [5, 5.41) is 9.66. The lowest BCUT2D eigenvalue weighted by Gasteiger charge is -2.28. The van der Waals surface area contributed by atoms with Gasteiger partial charge in [-0.1, -0.05) is 32.1 Å². The molecule has 4 atom stereocenters. The molecule has 4 unspecified atom stereocenters. The molecule has 0 saturated carbocycles. The van der Waals surface area contributed by atoms with Crippen LogP contribution >= 0.6 is 0 Å². The summed E-state index contributed by atoms with van der Waals surface area (Å²) in [5.41, 5.74) is 2.23. The Morgan fingerprint density at radius 3 is 2.88 bits per heavy atom. The summed E-state index contributed by atoms with van der Waals surface area (Å²) in [5.74, 6) is -1.40. The van der Waals surface area contributed by atoms with Gasteiger partial charge in [-0.05, 0) is 37.8 Å². The van der Waals surface area contributed by atoms with Gasteiger partial charge in [-0.2, -0.15) is 0 Å². The summed E-state index contributed by atoms with van der Waals surface area (Å²) in [7, 11) is 0. The van der Waals surface area contributed by atoms with Gasteiger partial charge < -0.3 is 14.6 Å². The van der Waals surface area contributed by atoms with E-state index in [0.29, 0.717) is 18.4 Å². The first kappa shape index (κ1) is 19.4. The van der Waals surface area contributed by atoms with E-state index < -0.39 is 24.1 Å². The standard InChI is InChI=1S/C20H28O5/c1-5-13(3)19(22)24-17-10-15(11-21)8-6-7-12(2)9-16-18(17)14(4)20(23)25-16/h8-9,13,16-18,21H,4-7,10-11H2,1-3H3. The first-order valence-electron chi connectivity index (χ1n) is 8.93. The molecular formula is C20H28O5. The maximum Gasteiger partial charge on any atom is 0.334 e. The number of carbonyl (C=O) groups excluding carboxylic acids is 2. The van der Waals surface area contributed by atoms with Crippen LogP contribution in [-0.4, -0.2) is 35.9 Å². The van der Waals surface area contributed by atoms with Gasteiger partial charge in [-0.3, -0.25) is 4.79 Å². The van der Waals surface area contributed by atoms with Gasteiger partial charge in [0.2, 0.25) is 0 Å². The van der Waals surface area contributed by atoms with E-state index in [1.165, 1.54) is 0 Å². The fourth-order valence-corrected chi connectivity index (χ4v) is 3.19. The number of aliphatic hydroxyl groups is 1. The molecule has 0 spiro atoms. The van der Waals surface area contributed by atoms with Crippen molar-refractivity contribution in [3.8, 4) is 0 Å². The minimum Gasteiger partial charge on any atom is -0.461 e. The lowest BCUT2D eigenvalue weighted by molar-refractivity contribution is -0.156. The van der Waals surface area contributed by atoms with Crippen LogP contribution in [0.15, 0.2) is 35.5 Å². The van der Waals surface area contributed by atoms with Crippen LogP contribution in [-0.2, 0) is 19.1 Å². The molecule has 1 N–H and O–H groups in total. The number of hydrogen-bond donors (Lipinski definition) is 1. The molecule has 0 radical (unpaired) electrons. The predicted molar refractivity (Wildman–Crippen MR) is 94.6 cm³/mol. The van der Waals surface area contributed by atoms with Crippen LogP contribution in [0, 0.1) is 11.8 Å². The summed E-state index contributed by atoms with van der Waals surface area (Å²) in [6.45, 7) is 9.50. The molecule has 2 aliphatic rings. The molecule has 25 heavy (non-hydrogen) atoms. The zero-order valence-corrected chi connectivity index (χ0v) is 15.3. The van der Waals surface area contributed by atoms with E-state index in [4.69, 9.17) is 9.47 Å². The topological polar surface area (TPSA) is 72.8 Å². The summed E-state index contributed by atoms with van der Waals surface area (Å²) >= 11 is 0. The smallest absolute Gasteiger partial charge is 0.334 e. The van der Waals surface area contributed by atoms with Gasteiger partial charge in [0, 0.05) is 12.0 Å². The predicted octanol–water partition coefficient (Wildman–Crippen LogP) is 3.09. The minimum atomic E-state index is -0.578. The number of aliphatic hydroxyl groups excluding tert-OH is 1. The number of ether oxygens (including phenoxy) is 2. The van der Waals surface area contributed by atoms with E-state index in [1.807, 2.05) is 32.9 Å². The van der Waals surface area contributed by atoms with E-state index in [2.05, 4.69) is 6.58 Å². The van der Waals surface area contributed by atoms with Crippen LogP contribution in [0.1, 0.15) is 46.5 Å². The van der Waals surface area contributed by atoms with Crippen molar-refractivity contribution in [1.82, 2.24) is 0 Å². The molecule has 138 valence electrons. The van der Waals surface area contributed by atoms with Crippen molar-refractivity contribution in [3.05, 3.63) is 35.5 Å². The van der Waals surface area contributed by atoms with Gasteiger partial charge >= 0.3 is 11.9 Å². The molecule has 0 amide bonds. The zero-order valence-electron chi connectivity index (χ0n) is 15.3. The first-order valence-corrected chi connectivity index (χ1v) is 8.93. The second kappa shape index (κ2) is 8.48. The van der Waals surface area contributed by atoms with Gasteiger partial charge in [-0.15, -0.1) is 0 Å². The Bertz CT molecular complexity index is 601. The molecule has 1 aliphatic carbocycles. The Labute approximate surface area is 149 Å². The average molecular weight is 348 g/mol. The number of rotatable bonds is 4. The number of hydrogen-bond acceptors (Lipinski definition) is 5. The monoisotopic (exact) mass is 348 g/mol. The molecule has 0 bridgehead atoms. The number of fused-ring (bicyclic) bond motifs is 1. The normalized spacial score (nSPS) is 28.4. The third-order valence-corrected chi connectivity index (χ3v) is 5.03. The SMILES string of the molecule is C=C1C(=O)OC2C=C(C)CCC=C(CO)CC(OC(=O)C(C)CC)C12. The van der Waals surface area contributed by atoms with Gasteiger partial charge in [-0.25, -0.2) is 4.79 Å². The van der Waals surface area contributed by atoms with Gasteiger partial charge in [0.25, 0.3) is 0 Å². The van der Waals surface area contributed by atoms with Crippen molar-refractivity contribution in [2.24, 2.45) is 11.8 Å². The molecule has 5 nitrogen and oxygen atoms in total. The van der Waals surface area contributed by atoms with Crippen molar-refractivity contribution in [1.29, 1.82) is 0 Å². The maximum absolute atomic E-state index is 12.4. The molecule has 0 aromatic heterocycles. The Hall–Kier alpha value is -1.88. The van der Waals surface area contributed by atoms with Gasteiger partial charge in [0.15, 0.2) is 0 Å². The Balaban J connectivity index is 2.37. The lowest BCUT2D eigenvalue weighted by atomic mass is 9.85. The average Bonchev–Trinajstić information content (AvgIpc) is 2.85. The van der Waals surface area contributed by atoms with Gasteiger partial charge in [0.05, 0.1) is 18.4 Å². The molecule has 2 rings (SSSR count). The van der Waals surface area contributed by atoms with E-state index in [0.717, 1.165) is 24.0 Å². The molecule has 1 heterocycles. The quantitative estimate of drug-likeness (QED) is 0.480. The van der Waals surface area contributed by atoms with Crippen molar-refractivity contribution >= 4 is 11.9 Å². The van der Waals surface area contributed by atoms with Crippen molar-refractivity contribution in [2.45, 2.75) is 58.7 Å². The van der Waals surface area contributed by atoms with Gasteiger partial charge in [0.1, 0.15) is 12.2 Å². The van der Waals surface area contributed by atoms with Crippen LogP contribution < -0.4 is 0 Å². The molecule has 1 aliphatic heterocycles. The highest BCUT2D eigenvalue weighted by atomic mass is 16.6. The van der Waals surface area contributed by atoms with E-state index in [9.17, 15) is 14.7 Å². The first-order chi connectivity index (χ1) is 11.9. The van der Waals surface area contributed by atoms with Crippen molar-refractivity contribution < 1.29 is 24.2 Å². The fourth-order valence-electron chi connectivity index (χ4n) is 3.19. The Kier molecular flexibility index (Phi) is 6.59. The molecule has 0 aromatic carbocycles. The summed E-state index contributed by atoms with van der Waals surface area (Å²) in [6.07, 6.45) is 5.54. The molecular weight excluding hydrogens is 320 g/mol. The second-order valence-electron chi connectivity index (χ2n) is 6.98. The number of carbonyl (C=O) groups is 2. The maximum atomic E-state index is 12.4. The third-order valence-electron chi connectivity index (χ3n) is 5.03. The van der Waals surface area contributed by atoms with Crippen LogP contribution in [0.25, 0.3) is 0 Å². The molecule has 0 aromatic rings. The van der Waals surface area contributed by atoms with E-state index in [-0.39, 0.29) is 18.5 Å². The number of esters is 2. The molecule has 1 fully saturated rings. The van der Waals surface area contributed by atoms with Crippen molar-refractivity contribution in [2.75, 3.05) is 6.61 Å². The van der Waals surface area contributed by atoms with Crippen LogP contribution in [0.5, 0.6) is 0 Å². The zero-order chi connectivity index (χ0) is 18.6. The summed E-state index contributed by atoms with van der Waals surface area (Å²) in [6, 6.07) is 0. The Morgan fingerprint density at radius 1 is 1.52 bits per heavy atom. The highest BCUT2D eigenvalue weighted by Gasteiger charge is 2.44. The summed E-state index contributed by atoms with van der Waals surface area (Å²) < 4.78 is 11.2. The number of allylic oxidation sites excluding steroid dienone is 2. The highest BCUT2D eigenvalue weighted by molar-refractivity contribution is 5.91. The molecule has 5 heteroatoms. The fraction of sp³-hybridized carbons (Fsp3) is 0.600. The van der Waals surface area contributed by atoms with Crippen LogP contribution in [0.2, 0.25) is 0 Å². The lowest BCUT2D eigenvalue weighted by Crippen LogP contribution is -2.35. The minimum absolute atomic E-state index is 0.0984. The van der Waals surface area contributed by atoms with E-state index in [1.54, 1.807) is 0 Å². The third kappa shape index (κ3) is 4.60. The van der Waals surface area contributed by atoms with Crippen LogP contribution in [0.3, 0.4) is 0 Å². The highest BCUT2D eigenvalue weighted by Crippen LogP contribution is 2.36. The largest absolute Gasteiger partial charge is 0.461 e. The summed E-state index contributed by atoms with van der Waals surface area (Å²) in [4.78, 5) is 24.4. The molecule has 1 saturated heterocycles. The van der Waals surface area contributed by atoms with Crippen LogP contribution in [0.4, 0.5) is 0 Å².